The van der Waals surface area contributed by atoms with Crippen LogP contribution in [0.5, 0.6) is 0 Å². The smallest absolute Gasteiger partial charge is 0.240 e. The molecular weight excluding hydrogens is 305 g/mol. The van der Waals surface area contributed by atoms with Crippen LogP contribution in [0.2, 0.25) is 5.02 Å². The number of hydrogen-bond acceptors (Lipinski definition) is 4. The molecule has 2 rings (SSSR count). The van der Waals surface area contributed by atoms with Crippen LogP contribution in [0, 0.1) is 5.82 Å². The van der Waals surface area contributed by atoms with E-state index in [2.05, 4.69) is 14.9 Å². The molecule has 0 atom stereocenters. The zero-order valence-corrected chi connectivity index (χ0v) is 12.5. The molecule has 1 aromatic rings. The minimum Gasteiger partial charge on any atom is -0.314 e. The molecular formula is C12H17ClFN3O2S. The molecule has 8 heteroatoms. The number of nitrogens with one attached hydrogen (secondary N) is 2. The van der Waals surface area contributed by atoms with E-state index in [4.69, 9.17) is 11.6 Å². The summed E-state index contributed by atoms with van der Waals surface area (Å²) in [5.74, 6) is -0.667. The maximum atomic E-state index is 13.2. The minimum absolute atomic E-state index is 0.0625. The van der Waals surface area contributed by atoms with Crippen molar-refractivity contribution in [2.24, 2.45) is 0 Å². The molecule has 1 aliphatic heterocycles. The lowest BCUT2D eigenvalue weighted by atomic mass is 10.3. The SMILES string of the molecule is O=S(=O)(NCCN1CCNCC1)c1cc(F)cc(Cl)c1. The molecule has 0 spiro atoms. The normalized spacial score (nSPS) is 17.3. The third-order valence-electron chi connectivity index (χ3n) is 3.08. The molecule has 1 fully saturated rings. The van der Waals surface area contributed by atoms with Crippen molar-refractivity contribution in [1.29, 1.82) is 0 Å². The highest BCUT2D eigenvalue weighted by Gasteiger charge is 2.16. The lowest BCUT2D eigenvalue weighted by Crippen LogP contribution is -2.46. The van der Waals surface area contributed by atoms with Crippen LogP contribution < -0.4 is 10.0 Å². The first-order valence-electron chi connectivity index (χ1n) is 6.36. The van der Waals surface area contributed by atoms with E-state index in [-0.39, 0.29) is 16.5 Å². The van der Waals surface area contributed by atoms with E-state index >= 15 is 0 Å². The summed E-state index contributed by atoms with van der Waals surface area (Å²) in [7, 11) is -3.72. The summed E-state index contributed by atoms with van der Waals surface area (Å²) in [4.78, 5) is 2.01. The highest BCUT2D eigenvalue weighted by atomic mass is 35.5. The van der Waals surface area contributed by atoms with E-state index in [1.54, 1.807) is 0 Å². The largest absolute Gasteiger partial charge is 0.314 e. The summed E-state index contributed by atoms with van der Waals surface area (Å²) in [6.07, 6.45) is 0. The second kappa shape index (κ2) is 6.82. The zero-order chi connectivity index (χ0) is 14.6. The van der Waals surface area contributed by atoms with E-state index < -0.39 is 15.8 Å². The monoisotopic (exact) mass is 321 g/mol. The van der Waals surface area contributed by atoms with Crippen LogP contribution in [0.3, 0.4) is 0 Å². The molecule has 0 saturated carbocycles. The number of rotatable bonds is 5. The van der Waals surface area contributed by atoms with Gasteiger partial charge in [-0.3, -0.25) is 4.90 Å². The Morgan fingerprint density at radius 3 is 2.65 bits per heavy atom. The van der Waals surface area contributed by atoms with Gasteiger partial charge in [-0.25, -0.2) is 17.5 Å². The molecule has 1 saturated heterocycles. The molecule has 0 radical (unpaired) electrons. The van der Waals surface area contributed by atoms with Crippen LogP contribution in [0.25, 0.3) is 0 Å². The Morgan fingerprint density at radius 2 is 2.00 bits per heavy atom. The molecule has 1 aliphatic rings. The fourth-order valence-corrected chi connectivity index (χ4v) is 3.40. The maximum Gasteiger partial charge on any atom is 0.240 e. The molecule has 0 amide bonds. The van der Waals surface area contributed by atoms with Crippen molar-refractivity contribution < 1.29 is 12.8 Å². The molecule has 112 valence electrons. The number of sulfonamides is 1. The van der Waals surface area contributed by atoms with E-state index in [9.17, 15) is 12.8 Å². The molecule has 0 aliphatic carbocycles. The number of benzene rings is 1. The molecule has 2 N–H and O–H groups in total. The average molecular weight is 322 g/mol. The van der Waals surface area contributed by atoms with Crippen molar-refractivity contribution in [3.63, 3.8) is 0 Å². The summed E-state index contributed by atoms with van der Waals surface area (Å²) in [5, 5.41) is 3.29. The van der Waals surface area contributed by atoms with E-state index in [0.717, 1.165) is 38.3 Å². The lowest BCUT2D eigenvalue weighted by Gasteiger charge is -2.27. The summed E-state index contributed by atoms with van der Waals surface area (Å²) in [6, 6.07) is 3.26. The average Bonchev–Trinajstić information content (AvgIpc) is 2.38. The molecule has 0 bridgehead atoms. The Labute approximate surface area is 123 Å². The highest BCUT2D eigenvalue weighted by Crippen LogP contribution is 2.17. The quantitative estimate of drug-likeness (QED) is 0.836. The Kier molecular flexibility index (Phi) is 5.34. The lowest BCUT2D eigenvalue weighted by molar-refractivity contribution is 0.245. The summed E-state index contributed by atoms with van der Waals surface area (Å²) < 4.78 is 39.7. The predicted molar refractivity (Wildman–Crippen MR) is 75.9 cm³/mol. The van der Waals surface area contributed by atoms with Crippen molar-refractivity contribution in [2.75, 3.05) is 39.3 Å². The van der Waals surface area contributed by atoms with Gasteiger partial charge in [0.05, 0.1) is 4.90 Å². The van der Waals surface area contributed by atoms with Crippen LogP contribution in [0.1, 0.15) is 0 Å². The number of halogens is 2. The van der Waals surface area contributed by atoms with Gasteiger partial charge in [0.15, 0.2) is 0 Å². The number of piperazine rings is 1. The van der Waals surface area contributed by atoms with Crippen molar-refractivity contribution >= 4 is 21.6 Å². The zero-order valence-electron chi connectivity index (χ0n) is 10.9. The van der Waals surface area contributed by atoms with E-state index in [1.807, 2.05) is 0 Å². The van der Waals surface area contributed by atoms with Crippen LogP contribution in [-0.2, 0) is 10.0 Å². The fraction of sp³-hybridized carbons (Fsp3) is 0.500. The Morgan fingerprint density at radius 1 is 1.30 bits per heavy atom. The molecule has 0 aromatic heterocycles. The van der Waals surface area contributed by atoms with Gasteiger partial charge in [-0.2, -0.15) is 0 Å². The molecule has 5 nitrogen and oxygen atoms in total. The highest BCUT2D eigenvalue weighted by molar-refractivity contribution is 7.89. The summed E-state index contributed by atoms with van der Waals surface area (Å²) in [6.45, 7) is 4.53. The summed E-state index contributed by atoms with van der Waals surface area (Å²) in [5.41, 5.74) is 0. The maximum absolute atomic E-state index is 13.2. The number of hydrogen-bond donors (Lipinski definition) is 2. The van der Waals surface area contributed by atoms with Gasteiger partial charge in [0, 0.05) is 44.3 Å². The Hall–Kier alpha value is -0.730. The third kappa shape index (κ3) is 4.39. The van der Waals surface area contributed by atoms with Gasteiger partial charge in [0.2, 0.25) is 10.0 Å². The topological polar surface area (TPSA) is 61.4 Å². The van der Waals surface area contributed by atoms with Gasteiger partial charge in [-0.05, 0) is 18.2 Å². The van der Waals surface area contributed by atoms with Crippen LogP contribution in [0.4, 0.5) is 4.39 Å². The molecule has 0 unspecified atom stereocenters. The van der Waals surface area contributed by atoms with Gasteiger partial charge in [0.25, 0.3) is 0 Å². The molecule has 1 heterocycles. The second-order valence-electron chi connectivity index (χ2n) is 4.59. The first kappa shape index (κ1) is 15.7. The minimum atomic E-state index is -3.72. The first-order chi connectivity index (χ1) is 9.47. The standard InChI is InChI=1S/C12H17ClFN3O2S/c13-10-7-11(14)9-12(8-10)20(18,19)16-3-6-17-4-1-15-2-5-17/h7-9,15-16H,1-6H2. The summed E-state index contributed by atoms with van der Waals surface area (Å²) >= 11 is 5.66. The number of nitrogens with zero attached hydrogens (tertiary/aromatic N) is 1. The Balaban J connectivity index is 1.93. The van der Waals surface area contributed by atoms with Crippen molar-refractivity contribution in [3.05, 3.63) is 29.0 Å². The molecule has 1 aromatic carbocycles. The second-order valence-corrected chi connectivity index (χ2v) is 6.80. The van der Waals surface area contributed by atoms with E-state index in [1.165, 1.54) is 6.07 Å². The van der Waals surface area contributed by atoms with Crippen LogP contribution in [0.15, 0.2) is 23.1 Å². The van der Waals surface area contributed by atoms with Crippen molar-refractivity contribution in [1.82, 2.24) is 14.9 Å². The van der Waals surface area contributed by atoms with Gasteiger partial charge in [-0.15, -0.1) is 0 Å². The van der Waals surface area contributed by atoms with E-state index in [0.29, 0.717) is 6.54 Å². The van der Waals surface area contributed by atoms with Crippen molar-refractivity contribution in [3.8, 4) is 0 Å². The van der Waals surface area contributed by atoms with Crippen LogP contribution >= 0.6 is 11.6 Å². The third-order valence-corrected chi connectivity index (χ3v) is 4.73. The van der Waals surface area contributed by atoms with Gasteiger partial charge in [0.1, 0.15) is 5.82 Å². The Bertz CT molecular complexity index is 542. The van der Waals surface area contributed by atoms with Gasteiger partial charge in [-0.1, -0.05) is 11.6 Å². The van der Waals surface area contributed by atoms with Crippen LogP contribution in [-0.4, -0.2) is 52.6 Å². The predicted octanol–water partition coefficient (Wildman–Crippen LogP) is 0.663. The first-order valence-corrected chi connectivity index (χ1v) is 8.22. The fourth-order valence-electron chi connectivity index (χ4n) is 2.04. The van der Waals surface area contributed by atoms with Gasteiger partial charge >= 0.3 is 0 Å². The van der Waals surface area contributed by atoms with Gasteiger partial charge < -0.3 is 5.32 Å². The van der Waals surface area contributed by atoms with Crippen molar-refractivity contribution in [2.45, 2.75) is 4.90 Å². The molecule has 20 heavy (non-hydrogen) atoms.